The number of nitrogens with one attached hydrogen (secondary N) is 1. The zero-order valence-electron chi connectivity index (χ0n) is 11.2. The van der Waals surface area contributed by atoms with Gasteiger partial charge in [-0.15, -0.1) is 0 Å². The Morgan fingerprint density at radius 1 is 1.38 bits per heavy atom. The number of carbonyl (C=O) groups is 2. The summed E-state index contributed by atoms with van der Waals surface area (Å²) in [6.07, 6.45) is 1.69. The SMILES string of the molecule is CNC(=O)c1c(-c2ccsc2)nc2c(C(N)=O)cccn12. The Balaban J connectivity index is 2.39. The van der Waals surface area contributed by atoms with Crippen molar-refractivity contribution >= 4 is 28.8 Å². The van der Waals surface area contributed by atoms with Gasteiger partial charge in [0.15, 0.2) is 5.65 Å². The van der Waals surface area contributed by atoms with Crippen molar-refractivity contribution in [3.8, 4) is 11.3 Å². The number of primary amides is 1. The smallest absolute Gasteiger partial charge is 0.270 e. The molecule has 0 spiro atoms. The molecule has 7 heteroatoms. The molecule has 0 aromatic carbocycles. The van der Waals surface area contributed by atoms with Crippen molar-refractivity contribution in [2.75, 3.05) is 7.05 Å². The number of amides is 2. The molecule has 3 heterocycles. The van der Waals surface area contributed by atoms with Crippen molar-refractivity contribution in [2.45, 2.75) is 0 Å². The highest BCUT2D eigenvalue weighted by Gasteiger charge is 2.22. The summed E-state index contributed by atoms with van der Waals surface area (Å²) in [4.78, 5) is 28.2. The quantitative estimate of drug-likeness (QED) is 0.768. The van der Waals surface area contributed by atoms with E-state index in [1.54, 1.807) is 29.8 Å². The Morgan fingerprint density at radius 2 is 2.19 bits per heavy atom. The summed E-state index contributed by atoms with van der Waals surface area (Å²) < 4.78 is 1.59. The van der Waals surface area contributed by atoms with E-state index in [0.29, 0.717) is 17.0 Å². The summed E-state index contributed by atoms with van der Waals surface area (Å²) in [7, 11) is 1.55. The molecule has 21 heavy (non-hydrogen) atoms. The molecule has 0 aliphatic carbocycles. The van der Waals surface area contributed by atoms with Crippen molar-refractivity contribution < 1.29 is 9.59 Å². The third-order valence-corrected chi connectivity index (χ3v) is 3.84. The highest BCUT2D eigenvalue weighted by molar-refractivity contribution is 7.08. The molecule has 0 bridgehead atoms. The number of hydrogen-bond donors (Lipinski definition) is 2. The minimum Gasteiger partial charge on any atom is -0.365 e. The summed E-state index contributed by atoms with van der Waals surface area (Å²) >= 11 is 1.51. The van der Waals surface area contributed by atoms with Gasteiger partial charge in [0, 0.05) is 24.2 Å². The minimum absolute atomic E-state index is 0.273. The van der Waals surface area contributed by atoms with Crippen LogP contribution in [-0.2, 0) is 0 Å². The third-order valence-electron chi connectivity index (χ3n) is 3.15. The van der Waals surface area contributed by atoms with Gasteiger partial charge in [0.25, 0.3) is 11.8 Å². The highest BCUT2D eigenvalue weighted by atomic mass is 32.1. The summed E-state index contributed by atoms with van der Waals surface area (Å²) in [6.45, 7) is 0. The Kier molecular flexibility index (Phi) is 3.19. The average Bonchev–Trinajstić information content (AvgIpc) is 3.12. The van der Waals surface area contributed by atoms with Crippen LogP contribution in [0.5, 0.6) is 0 Å². The second-order valence-corrected chi connectivity index (χ2v) is 5.16. The van der Waals surface area contributed by atoms with E-state index < -0.39 is 5.91 Å². The Bertz CT molecular complexity index is 836. The molecule has 0 aliphatic rings. The van der Waals surface area contributed by atoms with Crippen LogP contribution in [0.4, 0.5) is 0 Å². The molecule has 106 valence electrons. The lowest BCUT2D eigenvalue weighted by molar-refractivity contribution is 0.0955. The maximum Gasteiger partial charge on any atom is 0.270 e. The molecule has 3 aromatic rings. The fourth-order valence-corrected chi connectivity index (χ4v) is 2.84. The summed E-state index contributed by atoms with van der Waals surface area (Å²) in [5, 5.41) is 6.40. The zero-order chi connectivity index (χ0) is 15.0. The van der Waals surface area contributed by atoms with E-state index >= 15 is 0 Å². The fourth-order valence-electron chi connectivity index (χ4n) is 2.20. The van der Waals surface area contributed by atoms with Crippen LogP contribution in [0.1, 0.15) is 20.8 Å². The number of carbonyl (C=O) groups excluding carboxylic acids is 2. The van der Waals surface area contributed by atoms with E-state index in [1.165, 1.54) is 11.3 Å². The fraction of sp³-hybridized carbons (Fsp3) is 0.0714. The van der Waals surface area contributed by atoms with Gasteiger partial charge in [-0.05, 0) is 23.6 Å². The van der Waals surface area contributed by atoms with Crippen molar-refractivity contribution in [3.05, 3.63) is 46.4 Å². The van der Waals surface area contributed by atoms with Crippen molar-refractivity contribution in [2.24, 2.45) is 5.73 Å². The van der Waals surface area contributed by atoms with Gasteiger partial charge in [-0.25, -0.2) is 4.98 Å². The molecule has 0 radical (unpaired) electrons. The zero-order valence-corrected chi connectivity index (χ0v) is 12.0. The van der Waals surface area contributed by atoms with Crippen LogP contribution in [0.15, 0.2) is 35.2 Å². The first-order valence-corrected chi connectivity index (χ1v) is 7.13. The number of nitrogens with two attached hydrogens (primary N) is 1. The van der Waals surface area contributed by atoms with Gasteiger partial charge in [-0.2, -0.15) is 11.3 Å². The van der Waals surface area contributed by atoms with Gasteiger partial charge in [-0.1, -0.05) is 0 Å². The lowest BCUT2D eigenvalue weighted by Crippen LogP contribution is -2.21. The molecule has 3 rings (SSSR count). The summed E-state index contributed by atoms with van der Waals surface area (Å²) in [5.74, 6) is -0.851. The maximum atomic E-state index is 12.2. The first kappa shape index (κ1) is 13.3. The third kappa shape index (κ3) is 2.07. The van der Waals surface area contributed by atoms with Crippen molar-refractivity contribution in [1.29, 1.82) is 0 Å². The van der Waals surface area contributed by atoms with Crippen molar-refractivity contribution in [3.63, 3.8) is 0 Å². The molecule has 0 aliphatic heterocycles. The molecule has 3 aromatic heterocycles. The number of thiophene rings is 1. The number of fused-ring (bicyclic) bond motifs is 1. The number of rotatable bonds is 3. The van der Waals surface area contributed by atoms with E-state index in [2.05, 4.69) is 10.3 Å². The molecule has 3 N–H and O–H groups in total. The van der Waals surface area contributed by atoms with E-state index in [-0.39, 0.29) is 11.5 Å². The Hall–Kier alpha value is -2.67. The van der Waals surface area contributed by atoms with Crippen LogP contribution >= 0.6 is 11.3 Å². The van der Waals surface area contributed by atoms with E-state index in [9.17, 15) is 9.59 Å². The normalized spacial score (nSPS) is 10.7. The summed E-state index contributed by atoms with van der Waals surface area (Å²) in [6, 6.07) is 5.14. The Labute approximate surface area is 124 Å². The monoisotopic (exact) mass is 300 g/mol. The second-order valence-electron chi connectivity index (χ2n) is 4.38. The van der Waals surface area contributed by atoms with Gasteiger partial charge < -0.3 is 11.1 Å². The van der Waals surface area contributed by atoms with Gasteiger partial charge in [0.1, 0.15) is 11.4 Å². The Morgan fingerprint density at radius 3 is 2.81 bits per heavy atom. The second kappa shape index (κ2) is 5.02. The first-order valence-electron chi connectivity index (χ1n) is 6.19. The van der Waals surface area contributed by atoms with Crippen LogP contribution in [0.2, 0.25) is 0 Å². The molecule has 0 fully saturated rings. The largest absolute Gasteiger partial charge is 0.365 e. The molecule has 0 atom stereocenters. The first-order chi connectivity index (χ1) is 10.1. The average molecular weight is 300 g/mol. The predicted molar refractivity (Wildman–Crippen MR) is 80.4 cm³/mol. The van der Waals surface area contributed by atoms with Gasteiger partial charge in [0.05, 0.1) is 5.56 Å². The number of imidazole rings is 1. The molecule has 0 saturated carbocycles. The topological polar surface area (TPSA) is 89.5 Å². The van der Waals surface area contributed by atoms with Crippen LogP contribution in [0, 0.1) is 0 Å². The van der Waals surface area contributed by atoms with Gasteiger partial charge >= 0.3 is 0 Å². The lowest BCUT2D eigenvalue weighted by Gasteiger charge is -2.03. The standard InChI is InChI=1S/C14H12N4O2S/c1-16-14(20)11-10(8-4-6-21-7-8)17-13-9(12(15)19)3-2-5-18(11)13/h2-7H,1H3,(H2,15,19)(H,16,20). The van der Waals surface area contributed by atoms with Crippen LogP contribution in [0.3, 0.4) is 0 Å². The number of pyridine rings is 1. The summed E-state index contributed by atoms with van der Waals surface area (Å²) in [5.41, 5.74) is 7.78. The van der Waals surface area contributed by atoms with Crippen LogP contribution < -0.4 is 11.1 Å². The molecule has 0 saturated heterocycles. The van der Waals surface area contributed by atoms with E-state index in [0.717, 1.165) is 5.56 Å². The maximum absolute atomic E-state index is 12.2. The van der Waals surface area contributed by atoms with Crippen LogP contribution in [0.25, 0.3) is 16.9 Å². The van der Waals surface area contributed by atoms with Gasteiger partial charge in [-0.3, -0.25) is 14.0 Å². The van der Waals surface area contributed by atoms with E-state index in [4.69, 9.17) is 5.73 Å². The number of hydrogen-bond acceptors (Lipinski definition) is 4. The van der Waals surface area contributed by atoms with E-state index in [1.807, 2.05) is 16.8 Å². The predicted octanol–water partition coefficient (Wildman–Crippen LogP) is 1.52. The number of aromatic nitrogens is 2. The molecular formula is C14H12N4O2S. The molecular weight excluding hydrogens is 288 g/mol. The minimum atomic E-state index is -0.578. The molecule has 2 amide bonds. The number of nitrogens with zero attached hydrogens (tertiary/aromatic N) is 2. The highest BCUT2D eigenvalue weighted by Crippen LogP contribution is 2.27. The molecule has 6 nitrogen and oxygen atoms in total. The lowest BCUT2D eigenvalue weighted by atomic mass is 10.2. The molecule has 0 unspecified atom stereocenters. The van der Waals surface area contributed by atoms with Crippen molar-refractivity contribution in [1.82, 2.24) is 14.7 Å². The van der Waals surface area contributed by atoms with Crippen LogP contribution in [-0.4, -0.2) is 28.2 Å². The van der Waals surface area contributed by atoms with Gasteiger partial charge in [0.2, 0.25) is 0 Å².